The lowest BCUT2D eigenvalue weighted by Crippen LogP contribution is -2.51. The predicted molar refractivity (Wildman–Crippen MR) is 126 cm³/mol. The van der Waals surface area contributed by atoms with Crippen molar-refractivity contribution in [3.8, 4) is 5.75 Å². The number of aryl methyl sites for hydroxylation is 2. The van der Waals surface area contributed by atoms with Gasteiger partial charge in [0.15, 0.2) is 6.61 Å². The Balaban J connectivity index is 2.30. The Morgan fingerprint density at radius 2 is 1.65 bits per heavy atom. The summed E-state index contributed by atoms with van der Waals surface area (Å²) in [6.07, 6.45) is 0.440. The number of nitrogens with one attached hydrogen (secondary N) is 1. The van der Waals surface area contributed by atoms with E-state index in [0.717, 1.165) is 11.1 Å². The van der Waals surface area contributed by atoms with E-state index in [0.29, 0.717) is 27.8 Å². The molecule has 0 saturated heterocycles. The van der Waals surface area contributed by atoms with Crippen molar-refractivity contribution < 1.29 is 14.3 Å². The normalized spacial score (nSPS) is 11.9. The molecule has 0 heterocycles. The van der Waals surface area contributed by atoms with Crippen LogP contribution in [-0.2, 0) is 16.1 Å². The van der Waals surface area contributed by atoms with Gasteiger partial charge in [-0.1, -0.05) is 42.3 Å². The molecule has 0 fully saturated rings. The summed E-state index contributed by atoms with van der Waals surface area (Å²) in [6, 6.07) is 10.2. The Hall–Kier alpha value is -2.24. The van der Waals surface area contributed by atoms with E-state index in [2.05, 4.69) is 5.32 Å². The van der Waals surface area contributed by atoms with Crippen molar-refractivity contribution >= 4 is 35.0 Å². The van der Waals surface area contributed by atoms with Crippen LogP contribution in [0.1, 0.15) is 43.9 Å². The average molecular weight is 465 g/mol. The van der Waals surface area contributed by atoms with Crippen LogP contribution in [0, 0.1) is 13.8 Å². The van der Waals surface area contributed by atoms with E-state index in [1.54, 1.807) is 18.2 Å². The maximum Gasteiger partial charge on any atom is 0.261 e. The number of hydrogen-bond donors (Lipinski definition) is 1. The number of amides is 2. The summed E-state index contributed by atoms with van der Waals surface area (Å²) in [7, 11) is 0. The van der Waals surface area contributed by atoms with Gasteiger partial charge in [-0.3, -0.25) is 9.59 Å². The first-order valence-electron chi connectivity index (χ1n) is 10.4. The summed E-state index contributed by atoms with van der Waals surface area (Å²) in [5, 5.41) is 3.78. The van der Waals surface area contributed by atoms with E-state index < -0.39 is 6.04 Å². The molecule has 2 aromatic carbocycles. The Morgan fingerprint density at radius 3 is 2.16 bits per heavy atom. The molecule has 0 spiro atoms. The second-order valence-electron chi connectivity index (χ2n) is 7.92. The fraction of sp³-hybridized carbons (Fsp3) is 0.417. The summed E-state index contributed by atoms with van der Waals surface area (Å²) < 4.78 is 5.78. The van der Waals surface area contributed by atoms with Crippen molar-refractivity contribution in [1.82, 2.24) is 10.2 Å². The van der Waals surface area contributed by atoms with Crippen LogP contribution >= 0.6 is 23.2 Å². The largest absolute Gasteiger partial charge is 0.484 e. The lowest BCUT2D eigenvalue weighted by molar-refractivity contribution is -0.143. The molecule has 0 unspecified atom stereocenters. The number of hydrogen-bond acceptors (Lipinski definition) is 3. The van der Waals surface area contributed by atoms with Crippen LogP contribution in [0.3, 0.4) is 0 Å². The maximum absolute atomic E-state index is 13.2. The molecule has 2 amide bonds. The van der Waals surface area contributed by atoms with Crippen molar-refractivity contribution in [2.24, 2.45) is 0 Å². The number of ether oxygens (including phenoxy) is 1. The predicted octanol–water partition coefficient (Wildman–Crippen LogP) is 5.32. The molecule has 0 aliphatic heterocycles. The third kappa shape index (κ3) is 7.15. The third-order valence-electron chi connectivity index (χ3n) is 4.76. The first-order chi connectivity index (χ1) is 14.6. The zero-order valence-corrected chi connectivity index (χ0v) is 20.2. The van der Waals surface area contributed by atoms with Gasteiger partial charge in [0.2, 0.25) is 5.91 Å². The topological polar surface area (TPSA) is 58.6 Å². The van der Waals surface area contributed by atoms with Crippen LogP contribution in [0.5, 0.6) is 5.75 Å². The van der Waals surface area contributed by atoms with E-state index in [1.165, 1.54) is 4.90 Å². The highest BCUT2D eigenvalue weighted by Gasteiger charge is 2.30. The monoisotopic (exact) mass is 464 g/mol. The molecule has 0 aromatic heterocycles. The minimum absolute atomic E-state index is 0.0473. The van der Waals surface area contributed by atoms with Crippen molar-refractivity contribution in [1.29, 1.82) is 0 Å². The number of carbonyl (C=O) groups is 2. The molecule has 0 bridgehead atoms. The molecule has 0 aliphatic carbocycles. The summed E-state index contributed by atoms with van der Waals surface area (Å²) in [5.41, 5.74) is 2.69. The van der Waals surface area contributed by atoms with Gasteiger partial charge < -0.3 is 15.0 Å². The zero-order valence-electron chi connectivity index (χ0n) is 18.7. The molecule has 2 rings (SSSR count). The first-order valence-corrected chi connectivity index (χ1v) is 11.1. The van der Waals surface area contributed by atoms with Gasteiger partial charge in [0.1, 0.15) is 11.8 Å². The SMILES string of the molecule is CC[C@H](C(=O)NC(C)C)N(Cc1c(Cl)cccc1Cl)C(=O)COc1cc(C)cc(C)c1. The fourth-order valence-electron chi connectivity index (χ4n) is 3.40. The highest BCUT2D eigenvalue weighted by Crippen LogP contribution is 2.27. The van der Waals surface area contributed by atoms with Gasteiger partial charge in [0.25, 0.3) is 5.91 Å². The average Bonchev–Trinajstić information content (AvgIpc) is 2.67. The number of benzene rings is 2. The van der Waals surface area contributed by atoms with Crippen LogP contribution in [0.2, 0.25) is 10.0 Å². The summed E-state index contributed by atoms with van der Waals surface area (Å²) >= 11 is 12.7. The Labute approximate surface area is 194 Å². The van der Waals surface area contributed by atoms with Gasteiger partial charge in [0.05, 0.1) is 0 Å². The zero-order chi connectivity index (χ0) is 23.1. The Bertz CT molecular complexity index is 891. The summed E-state index contributed by atoms with van der Waals surface area (Å²) in [5.74, 6) is 0.0718. The van der Waals surface area contributed by atoms with E-state index >= 15 is 0 Å². The Morgan fingerprint density at radius 1 is 1.06 bits per heavy atom. The number of nitrogens with zero attached hydrogens (tertiary/aromatic N) is 1. The van der Waals surface area contributed by atoms with Gasteiger partial charge in [0, 0.05) is 28.2 Å². The summed E-state index contributed by atoms with van der Waals surface area (Å²) in [6.45, 7) is 9.47. The van der Waals surface area contributed by atoms with Crippen LogP contribution in [-0.4, -0.2) is 35.4 Å². The quantitative estimate of drug-likeness (QED) is 0.545. The number of halogens is 2. The minimum Gasteiger partial charge on any atom is -0.484 e. The Kier molecular flexibility index (Phi) is 9.20. The molecule has 0 saturated carbocycles. The standard InChI is InChI=1S/C24H30Cl2N2O3/c1-6-22(24(30)27-15(2)3)28(13-19-20(25)8-7-9-21(19)26)23(29)14-31-18-11-16(4)10-17(5)12-18/h7-12,15,22H,6,13-14H2,1-5H3,(H,27,30)/t22-/m1/s1. The van der Waals surface area contributed by atoms with Gasteiger partial charge in [-0.15, -0.1) is 0 Å². The molecule has 0 radical (unpaired) electrons. The molecule has 2 aromatic rings. The summed E-state index contributed by atoms with van der Waals surface area (Å²) in [4.78, 5) is 27.6. The number of carbonyl (C=O) groups excluding carboxylic acids is 2. The van der Waals surface area contributed by atoms with Gasteiger partial charge in [-0.25, -0.2) is 0 Å². The van der Waals surface area contributed by atoms with Crippen LogP contribution < -0.4 is 10.1 Å². The molecular weight excluding hydrogens is 435 g/mol. The second-order valence-corrected chi connectivity index (χ2v) is 8.74. The van der Waals surface area contributed by atoms with Crippen molar-refractivity contribution in [3.63, 3.8) is 0 Å². The fourth-order valence-corrected chi connectivity index (χ4v) is 3.92. The van der Waals surface area contributed by atoms with Crippen LogP contribution in [0.25, 0.3) is 0 Å². The van der Waals surface area contributed by atoms with Crippen molar-refractivity contribution in [3.05, 3.63) is 63.1 Å². The second kappa shape index (κ2) is 11.4. The third-order valence-corrected chi connectivity index (χ3v) is 5.47. The van der Waals surface area contributed by atoms with Crippen molar-refractivity contribution in [2.45, 2.75) is 59.7 Å². The smallest absolute Gasteiger partial charge is 0.261 e. The van der Waals surface area contributed by atoms with Crippen molar-refractivity contribution in [2.75, 3.05) is 6.61 Å². The lowest BCUT2D eigenvalue weighted by Gasteiger charge is -2.31. The van der Waals surface area contributed by atoms with E-state index in [4.69, 9.17) is 27.9 Å². The van der Waals surface area contributed by atoms with Crippen LogP contribution in [0.15, 0.2) is 36.4 Å². The van der Waals surface area contributed by atoms with Gasteiger partial charge >= 0.3 is 0 Å². The molecule has 1 atom stereocenters. The first kappa shape index (κ1) is 25.0. The number of rotatable bonds is 9. The molecule has 7 heteroatoms. The molecule has 31 heavy (non-hydrogen) atoms. The molecular formula is C24H30Cl2N2O3. The maximum atomic E-state index is 13.2. The van der Waals surface area contributed by atoms with Crippen LogP contribution in [0.4, 0.5) is 0 Å². The molecule has 1 N–H and O–H groups in total. The molecule has 0 aliphatic rings. The van der Waals surface area contributed by atoms with Gasteiger partial charge in [-0.2, -0.15) is 0 Å². The highest BCUT2D eigenvalue weighted by molar-refractivity contribution is 6.36. The minimum atomic E-state index is -0.676. The highest BCUT2D eigenvalue weighted by atomic mass is 35.5. The van der Waals surface area contributed by atoms with Gasteiger partial charge in [-0.05, 0) is 69.5 Å². The van der Waals surface area contributed by atoms with E-state index in [9.17, 15) is 9.59 Å². The molecule has 168 valence electrons. The van der Waals surface area contributed by atoms with E-state index in [1.807, 2.05) is 52.8 Å². The molecule has 5 nitrogen and oxygen atoms in total. The lowest BCUT2D eigenvalue weighted by atomic mass is 10.1. The van der Waals surface area contributed by atoms with E-state index in [-0.39, 0.29) is 31.0 Å².